The zero-order valence-corrected chi connectivity index (χ0v) is 12.9. The van der Waals surface area contributed by atoms with Gasteiger partial charge in [-0.1, -0.05) is 24.3 Å². The first-order chi connectivity index (χ1) is 10.1. The van der Waals surface area contributed by atoms with Crippen LogP contribution >= 0.6 is 22.6 Å². The number of hydrogen-bond acceptors (Lipinski definition) is 3. The fourth-order valence-electron chi connectivity index (χ4n) is 1.91. The Morgan fingerprint density at radius 3 is 2.71 bits per heavy atom. The second-order valence-corrected chi connectivity index (χ2v) is 5.53. The number of aliphatic imine (C=N–C) groups is 1. The van der Waals surface area contributed by atoms with Crippen molar-refractivity contribution in [3.63, 3.8) is 0 Å². The first-order valence-electron chi connectivity index (χ1n) is 6.16. The van der Waals surface area contributed by atoms with E-state index in [1.165, 1.54) is 18.2 Å². The molecule has 21 heavy (non-hydrogen) atoms. The average Bonchev–Trinajstić information content (AvgIpc) is 2.80. The van der Waals surface area contributed by atoms with E-state index >= 15 is 0 Å². The van der Waals surface area contributed by atoms with Gasteiger partial charge >= 0.3 is 5.97 Å². The molecule has 0 spiro atoms. The number of halogens is 2. The molecule has 2 aromatic rings. The lowest BCUT2D eigenvalue weighted by atomic mass is 10.2. The molecule has 0 N–H and O–H groups in total. The zero-order chi connectivity index (χ0) is 14.8. The van der Waals surface area contributed by atoms with E-state index in [1.54, 1.807) is 12.1 Å². The maximum absolute atomic E-state index is 13.2. The summed E-state index contributed by atoms with van der Waals surface area (Å²) in [4.78, 5) is 16.1. The van der Waals surface area contributed by atoms with E-state index in [0.29, 0.717) is 5.56 Å². The molecule has 1 aliphatic rings. The van der Waals surface area contributed by atoms with Crippen molar-refractivity contribution in [3.8, 4) is 0 Å². The molecule has 0 atom stereocenters. The third-order valence-electron chi connectivity index (χ3n) is 2.88. The van der Waals surface area contributed by atoms with E-state index < -0.39 is 5.97 Å². The molecule has 0 fully saturated rings. The molecule has 0 radical (unpaired) electrons. The number of benzene rings is 2. The van der Waals surface area contributed by atoms with Gasteiger partial charge in [-0.15, -0.1) is 0 Å². The van der Waals surface area contributed by atoms with Crippen LogP contribution in [-0.4, -0.2) is 11.9 Å². The van der Waals surface area contributed by atoms with Gasteiger partial charge in [0.2, 0.25) is 5.90 Å². The highest BCUT2D eigenvalue weighted by atomic mass is 127. The van der Waals surface area contributed by atoms with Gasteiger partial charge in [-0.05, 0) is 58.5 Å². The number of carbonyl (C=O) groups is 1. The van der Waals surface area contributed by atoms with Crippen molar-refractivity contribution in [2.75, 3.05) is 0 Å². The average molecular weight is 393 g/mol. The fourth-order valence-corrected chi connectivity index (χ4v) is 2.53. The van der Waals surface area contributed by atoms with Gasteiger partial charge in [0.15, 0.2) is 5.70 Å². The van der Waals surface area contributed by atoms with Gasteiger partial charge in [0.05, 0.1) is 5.56 Å². The number of esters is 1. The summed E-state index contributed by atoms with van der Waals surface area (Å²) >= 11 is 2.15. The van der Waals surface area contributed by atoms with Gasteiger partial charge in [0, 0.05) is 3.57 Å². The molecule has 1 heterocycles. The molecule has 0 aliphatic carbocycles. The fraction of sp³-hybridized carbons (Fsp3) is 0. The Balaban J connectivity index is 1.98. The Morgan fingerprint density at radius 2 is 1.95 bits per heavy atom. The zero-order valence-electron chi connectivity index (χ0n) is 10.7. The van der Waals surface area contributed by atoms with Crippen LogP contribution < -0.4 is 0 Å². The van der Waals surface area contributed by atoms with Gasteiger partial charge in [0.1, 0.15) is 5.82 Å². The van der Waals surface area contributed by atoms with Crippen LogP contribution in [0.25, 0.3) is 6.08 Å². The summed E-state index contributed by atoms with van der Waals surface area (Å²) in [6.45, 7) is 0. The lowest BCUT2D eigenvalue weighted by molar-refractivity contribution is -0.129. The number of carbonyl (C=O) groups excluding carboxylic acids is 1. The Labute approximate surface area is 134 Å². The molecule has 0 bridgehead atoms. The number of ether oxygens (including phenoxy) is 1. The summed E-state index contributed by atoms with van der Waals surface area (Å²) in [5.41, 5.74) is 1.49. The Hall–Kier alpha value is -2.02. The van der Waals surface area contributed by atoms with Crippen molar-refractivity contribution in [1.29, 1.82) is 0 Å². The third-order valence-corrected chi connectivity index (χ3v) is 3.82. The normalized spacial score (nSPS) is 16.0. The lowest BCUT2D eigenvalue weighted by Crippen LogP contribution is -2.06. The highest BCUT2D eigenvalue weighted by Crippen LogP contribution is 2.22. The molecule has 0 unspecified atom stereocenters. The van der Waals surface area contributed by atoms with Crippen LogP contribution in [0.1, 0.15) is 11.1 Å². The molecule has 2 aromatic carbocycles. The molecular weight excluding hydrogens is 384 g/mol. The largest absolute Gasteiger partial charge is 0.402 e. The molecule has 5 heteroatoms. The number of nitrogens with zero attached hydrogens (tertiary/aromatic N) is 1. The summed E-state index contributed by atoms with van der Waals surface area (Å²) < 4.78 is 19.3. The molecule has 3 nitrogen and oxygen atoms in total. The topological polar surface area (TPSA) is 38.7 Å². The summed E-state index contributed by atoms with van der Waals surface area (Å²) in [6, 6.07) is 13.4. The molecular formula is C16H9FINO2. The van der Waals surface area contributed by atoms with Crippen molar-refractivity contribution in [2.45, 2.75) is 0 Å². The quantitative estimate of drug-likeness (QED) is 0.443. The van der Waals surface area contributed by atoms with E-state index in [0.717, 1.165) is 9.13 Å². The summed E-state index contributed by atoms with van der Waals surface area (Å²) in [5, 5.41) is 0. The lowest BCUT2D eigenvalue weighted by Gasteiger charge is -2.01. The van der Waals surface area contributed by atoms with Crippen molar-refractivity contribution in [3.05, 3.63) is 74.7 Å². The monoisotopic (exact) mass is 393 g/mol. The number of rotatable bonds is 2. The first kappa shape index (κ1) is 13.9. The van der Waals surface area contributed by atoms with Crippen molar-refractivity contribution in [2.24, 2.45) is 4.99 Å². The molecule has 0 aromatic heterocycles. The maximum atomic E-state index is 13.2. The van der Waals surface area contributed by atoms with Crippen molar-refractivity contribution >= 4 is 40.5 Å². The number of cyclic esters (lactones) is 1. The number of hydrogen-bond donors (Lipinski definition) is 0. The van der Waals surface area contributed by atoms with Gasteiger partial charge in [0.25, 0.3) is 0 Å². The van der Waals surface area contributed by atoms with E-state index in [2.05, 4.69) is 27.6 Å². The van der Waals surface area contributed by atoms with Crippen LogP contribution in [0.15, 0.2) is 59.2 Å². The van der Waals surface area contributed by atoms with E-state index in [4.69, 9.17) is 4.74 Å². The minimum Gasteiger partial charge on any atom is -0.402 e. The standard InChI is InChI=1S/C16H9FINO2/c17-11-5-3-4-10(8-11)9-14-16(20)21-15(19-14)12-6-1-2-7-13(12)18/h1-9H/b14-9+. The third kappa shape index (κ3) is 3.02. The van der Waals surface area contributed by atoms with Crippen molar-refractivity contribution in [1.82, 2.24) is 0 Å². The van der Waals surface area contributed by atoms with Gasteiger partial charge < -0.3 is 4.74 Å². The van der Waals surface area contributed by atoms with E-state index in [9.17, 15) is 9.18 Å². The molecule has 3 rings (SSSR count). The predicted octanol–water partition coefficient (Wildman–Crippen LogP) is 3.77. The minimum absolute atomic E-state index is 0.162. The Morgan fingerprint density at radius 1 is 1.14 bits per heavy atom. The van der Waals surface area contributed by atoms with Crippen molar-refractivity contribution < 1.29 is 13.9 Å². The molecule has 0 amide bonds. The second-order valence-electron chi connectivity index (χ2n) is 4.37. The van der Waals surface area contributed by atoms with Crippen LogP contribution in [0.5, 0.6) is 0 Å². The van der Waals surface area contributed by atoms with Crippen LogP contribution in [0, 0.1) is 9.39 Å². The first-order valence-corrected chi connectivity index (χ1v) is 7.24. The second kappa shape index (κ2) is 5.77. The van der Waals surface area contributed by atoms with Gasteiger partial charge in [-0.25, -0.2) is 14.2 Å². The van der Waals surface area contributed by atoms with Crippen LogP contribution in [-0.2, 0) is 9.53 Å². The highest BCUT2D eigenvalue weighted by molar-refractivity contribution is 14.1. The highest BCUT2D eigenvalue weighted by Gasteiger charge is 2.25. The predicted molar refractivity (Wildman–Crippen MR) is 86.2 cm³/mol. The Bertz CT molecular complexity index is 783. The summed E-state index contributed by atoms with van der Waals surface area (Å²) in [6.07, 6.45) is 1.51. The SMILES string of the molecule is O=C1OC(c2ccccc2I)=N/C1=C/c1cccc(F)c1. The Kier molecular flexibility index (Phi) is 3.83. The summed E-state index contributed by atoms with van der Waals surface area (Å²) in [5.74, 6) is -0.626. The molecule has 0 saturated heterocycles. The van der Waals surface area contributed by atoms with E-state index in [-0.39, 0.29) is 17.4 Å². The molecule has 1 aliphatic heterocycles. The van der Waals surface area contributed by atoms with Gasteiger partial charge in [-0.2, -0.15) is 0 Å². The van der Waals surface area contributed by atoms with Crippen LogP contribution in [0.3, 0.4) is 0 Å². The van der Waals surface area contributed by atoms with Gasteiger partial charge in [-0.3, -0.25) is 0 Å². The van der Waals surface area contributed by atoms with E-state index in [1.807, 2.05) is 24.3 Å². The maximum Gasteiger partial charge on any atom is 0.363 e. The smallest absolute Gasteiger partial charge is 0.363 e. The minimum atomic E-state index is -0.533. The van der Waals surface area contributed by atoms with Crippen LogP contribution in [0.4, 0.5) is 4.39 Å². The summed E-state index contributed by atoms with van der Waals surface area (Å²) in [7, 11) is 0. The molecule has 0 saturated carbocycles. The van der Waals surface area contributed by atoms with Crippen LogP contribution in [0.2, 0.25) is 0 Å². The molecule has 104 valence electrons.